The van der Waals surface area contributed by atoms with Crippen LogP contribution < -0.4 is 0 Å². The van der Waals surface area contributed by atoms with Crippen LogP contribution >= 0.6 is 0 Å². The van der Waals surface area contributed by atoms with E-state index in [0.717, 1.165) is 0 Å². The van der Waals surface area contributed by atoms with Gasteiger partial charge in [-0.2, -0.15) is 0 Å². The summed E-state index contributed by atoms with van der Waals surface area (Å²) in [5.41, 5.74) is 2.00. The maximum atomic E-state index is 7.23. The molecule has 0 N–H and O–H groups in total. The Kier molecular flexibility index (Phi) is 7.14. The van der Waals surface area contributed by atoms with Gasteiger partial charge in [0.05, 0.1) is 13.6 Å². The van der Waals surface area contributed by atoms with E-state index >= 15 is 0 Å². The summed E-state index contributed by atoms with van der Waals surface area (Å²) < 4.78 is 7.23. The second-order valence-corrected chi connectivity index (χ2v) is 20.8. The van der Waals surface area contributed by atoms with Crippen molar-refractivity contribution in [1.82, 2.24) is 0 Å². The van der Waals surface area contributed by atoms with Crippen LogP contribution in [0.5, 0.6) is 0 Å². The van der Waals surface area contributed by atoms with E-state index in [2.05, 4.69) is 127 Å². The molecule has 2 nitrogen and oxygen atoms in total. The SMILES string of the molecule is CC(C)(C)N=CC(C(O[Si](C)(C)C)(c1ccccc1)c1ccccc1)[Si](C)(C)C. The Balaban J connectivity index is 2.90. The maximum Gasteiger partial charge on any atom is 0.185 e. The van der Waals surface area contributed by atoms with Gasteiger partial charge in [0, 0.05) is 11.8 Å². The molecule has 0 aliphatic carbocycles. The minimum Gasteiger partial charge on any atom is -0.404 e. The third-order valence-corrected chi connectivity index (χ3v) is 8.21. The smallest absolute Gasteiger partial charge is 0.185 e. The minimum atomic E-state index is -1.91. The summed E-state index contributed by atoms with van der Waals surface area (Å²) in [5, 5.41) is 0. The molecule has 0 amide bonds. The lowest BCUT2D eigenvalue weighted by atomic mass is 9.83. The largest absolute Gasteiger partial charge is 0.404 e. The molecule has 2 aromatic rings. The van der Waals surface area contributed by atoms with Crippen LogP contribution in [0.3, 0.4) is 0 Å². The summed E-state index contributed by atoms with van der Waals surface area (Å²) in [4.78, 5) is 5.02. The number of hydrogen-bond acceptors (Lipinski definition) is 2. The van der Waals surface area contributed by atoms with Crippen molar-refractivity contribution in [2.24, 2.45) is 4.99 Å². The molecular weight excluding hydrogens is 386 g/mol. The zero-order chi connectivity index (χ0) is 21.9. The Morgan fingerprint density at radius 3 is 1.48 bits per heavy atom. The van der Waals surface area contributed by atoms with Gasteiger partial charge >= 0.3 is 0 Å². The Bertz CT molecular complexity index is 757. The Hall–Kier alpha value is -1.50. The molecule has 0 bridgehead atoms. The van der Waals surface area contributed by atoms with Crippen LogP contribution in [0.15, 0.2) is 65.7 Å². The van der Waals surface area contributed by atoms with E-state index in [0.29, 0.717) is 0 Å². The molecule has 29 heavy (non-hydrogen) atoms. The number of benzene rings is 2. The highest BCUT2D eigenvalue weighted by Gasteiger charge is 2.50. The average molecular weight is 426 g/mol. The summed E-state index contributed by atoms with van der Waals surface area (Å²) in [6, 6.07) is 21.6. The molecule has 0 spiro atoms. The molecule has 2 aromatic carbocycles. The quantitative estimate of drug-likeness (QED) is 0.335. The topological polar surface area (TPSA) is 21.6 Å². The number of aliphatic imine (C=N–C) groups is 1. The molecular formula is C25H39NOSi2. The van der Waals surface area contributed by atoms with Gasteiger partial charge < -0.3 is 4.43 Å². The van der Waals surface area contributed by atoms with Gasteiger partial charge in [-0.25, -0.2) is 0 Å². The minimum absolute atomic E-state index is 0.115. The highest BCUT2D eigenvalue weighted by Crippen LogP contribution is 2.49. The number of hydrogen-bond donors (Lipinski definition) is 0. The molecule has 0 radical (unpaired) electrons. The molecule has 0 aromatic heterocycles. The first-order chi connectivity index (χ1) is 13.3. The average Bonchev–Trinajstić information content (AvgIpc) is 2.59. The van der Waals surface area contributed by atoms with Crippen molar-refractivity contribution in [2.45, 2.75) is 76.7 Å². The summed E-state index contributed by atoms with van der Waals surface area (Å²) in [6.07, 6.45) is 2.23. The van der Waals surface area contributed by atoms with E-state index < -0.39 is 22.0 Å². The molecule has 1 atom stereocenters. The van der Waals surface area contributed by atoms with Crippen molar-refractivity contribution in [3.05, 3.63) is 71.8 Å². The molecule has 0 fully saturated rings. The van der Waals surface area contributed by atoms with Crippen molar-refractivity contribution >= 4 is 22.6 Å². The summed E-state index contributed by atoms with van der Waals surface area (Å²) in [7, 11) is -3.65. The molecule has 0 saturated heterocycles. The standard InChI is InChI=1S/C25H39NOSi2/c1-24(2,3)26-20-23(28(4,5)6)25(27-29(7,8)9,21-16-12-10-13-17-21)22-18-14-11-15-19-22/h10-20,23H,1-9H3. The van der Waals surface area contributed by atoms with Crippen molar-refractivity contribution in [3.8, 4) is 0 Å². The molecule has 0 saturated carbocycles. The van der Waals surface area contributed by atoms with Crippen molar-refractivity contribution < 1.29 is 4.43 Å². The third kappa shape index (κ3) is 6.24. The van der Waals surface area contributed by atoms with Crippen molar-refractivity contribution in [3.63, 3.8) is 0 Å². The Morgan fingerprint density at radius 2 is 1.17 bits per heavy atom. The van der Waals surface area contributed by atoms with Gasteiger partial charge in [-0.05, 0) is 51.5 Å². The van der Waals surface area contributed by atoms with E-state index in [9.17, 15) is 0 Å². The van der Waals surface area contributed by atoms with Crippen LogP contribution in [0.1, 0.15) is 31.9 Å². The van der Waals surface area contributed by atoms with Crippen molar-refractivity contribution in [1.29, 1.82) is 0 Å². The summed E-state index contributed by atoms with van der Waals surface area (Å²) >= 11 is 0. The second kappa shape index (κ2) is 8.70. The molecule has 0 aliphatic heterocycles. The first kappa shape index (κ1) is 23.8. The molecule has 0 aliphatic rings. The number of nitrogens with zero attached hydrogens (tertiary/aromatic N) is 1. The molecule has 0 heterocycles. The molecule has 2 rings (SSSR count). The normalized spacial score (nSPS) is 14.9. The zero-order valence-corrected chi connectivity index (χ0v) is 21.8. The second-order valence-electron chi connectivity index (χ2n) is 11.0. The predicted molar refractivity (Wildman–Crippen MR) is 133 cm³/mol. The van der Waals surface area contributed by atoms with Gasteiger partial charge in [-0.15, -0.1) is 0 Å². The third-order valence-electron chi connectivity index (χ3n) is 4.85. The first-order valence-electron chi connectivity index (χ1n) is 10.6. The van der Waals surface area contributed by atoms with Gasteiger partial charge in [0.25, 0.3) is 0 Å². The van der Waals surface area contributed by atoms with Crippen molar-refractivity contribution in [2.75, 3.05) is 0 Å². The van der Waals surface area contributed by atoms with E-state index in [-0.39, 0.29) is 11.1 Å². The molecule has 1 unspecified atom stereocenters. The number of rotatable bonds is 7. The fourth-order valence-electron chi connectivity index (χ4n) is 3.80. The first-order valence-corrected chi connectivity index (χ1v) is 17.6. The van der Waals surface area contributed by atoms with Gasteiger partial charge in [0.2, 0.25) is 0 Å². The Labute approximate surface area is 180 Å². The lowest BCUT2D eigenvalue weighted by Gasteiger charge is -2.48. The van der Waals surface area contributed by atoms with E-state index in [1.54, 1.807) is 0 Å². The highest BCUT2D eigenvalue weighted by molar-refractivity contribution is 6.80. The van der Waals surface area contributed by atoms with Gasteiger partial charge in [0.15, 0.2) is 8.32 Å². The van der Waals surface area contributed by atoms with Crippen LogP contribution in [0.4, 0.5) is 0 Å². The van der Waals surface area contributed by atoms with E-state index in [1.165, 1.54) is 11.1 Å². The van der Waals surface area contributed by atoms with Gasteiger partial charge in [-0.3, -0.25) is 4.99 Å². The fraction of sp³-hybridized carbons (Fsp3) is 0.480. The lowest BCUT2D eigenvalue weighted by molar-refractivity contribution is 0.109. The van der Waals surface area contributed by atoms with Gasteiger partial charge in [0.1, 0.15) is 5.60 Å². The summed E-state index contributed by atoms with van der Waals surface area (Å²) in [5.74, 6) is 0. The van der Waals surface area contributed by atoms with Crippen LogP contribution in [0, 0.1) is 0 Å². The molecule has 4 heteroatoms. The zero-order valence-electron chi connectivity index (χ0n) is 19.8. The van der Waals surface area contributed by atoms with Crippen LogP contribution in [-0.4, -0.2) is 28.1 Å². The van der Waals surface area contributed by atoms with Crippen LogP contribution in [0.2, 0.25) is 44.8 Å². The lowest BCUT2D eigenvalue weighted by Crippen LogP contribution is -2.52. The monoisotopic (exact) mass is 425 g/mol. The van der Waals surface area contributed by atoms with Crippen LogP contribution in [-0.2, 0) is 10.0 Å². The predicted octanol–water partition coefficient (Wildman–Crippen LogP) is 7.36. The maximum absolute atomic E-state index is 7.23. The molecule has 158 valence electrons. The highest BCUT2D eigenvalue weighted by atomic mass is 28.4. The Morgan fingerprint density at radius 1 is 0.759 bits per heavy atom. The van der Waals surface area contributed by atoms with E-state index in [4.69, 9.17) is 9.42 Å². The van der Waals surface area contributed by atoms with Crippen LogP contribution in [0.25, 0.3) is 0 Å². The summed E-state index contributed by atoms with van der Waals surface area (Å²) in [6.45, 7) is 20.6. The van der Waals surface area contributed by atoms with E-state index in [1.807, 2.05) is 0 Å². The fourth-order valence-corrected chi connectivity index (χ4v) is 7.38. The van der Waals surface area contributed by atoms with Gasteiger partial charge in [-0.1, -0.05) is 80.3 Å².